The first-order valence-corrected chi connectivity index (χ1v) is 8.61. The van der Waals surface area contributed by atoms with Gasteiger partial charge < -0.3 is 10.6 Å². The molecule has 3 heterocycles. The minimum atomic E-state index is 0.0939. The van der Waals surface area contributed by atoms with Crippen LogP contribution in [0.3, 0.4) is 0 Å². The Kier molecular flexibility index (Phi) is 4.11. The zero-order valence-electron chi connectivity index (χ0n) is 11.8. The van der Waals surface area contributed by atoms with Crippen LogP contribution in [0.25, 0.3) is 0 Å². The molecule has 0 bridgehead atoms. The van der Waals surface area contributed by atoms with E-state index in [1.807, 2.05) is 16.3 Å². The Hall–Kier alpha value is -1.61. The van der Waals surface area contributed by atoms with Crippen molar-refractivity contribution in [1.82, 2.24) is 4.90 Å². The Morgan fingerprint density at radius 2 is 2.38 bits per heavy atom. The van der Waals surface area contributed by atoms with Gasteiger partial charge in [-0.1, -0.05) is 11.8 Å². The topological polar surface area (TPSA) is 46.3 Å². The average molecular weight is 316 g/mol. The molecule has 1 aliphatic rings. The van der Waals surface area contributed by atoms with Gasteiger partial charge in [0.2, 0.25) is 0 Å². The third-order valence-electron chi connectivity index (χ3n) is 3.70. The van der Waals surface area contributed by atoms with E-state index in [1.54, 1.807) is 11.3 Å². The summed E-state index contributed by atoms with van der Waals surface area (Å²) >= 11 is 3.28. The maximum atomic E-state index is 12.7. The van der Waals surface area contributed by atoms with Crippen molar-refractivity contribution < 1.29 is 4.79 Å². The van der Waals surface area contributed by atoms with Crippen LogP contribution in [0.15, 0.2) is 22.9 Å². The maximum absolute atomic E-state index is 12.7. The first kappa shape index (κ1) is 14.3. The molecular formula is C16H16N2OS2. The van der Waals surface area contributed by atoms with E-state index >= 15 is 0 Å². The Morgan fingerprint density at radius 1 is 1.52 bits per heavy atom. The SMILES string of the molecule is CC1c2ccsc2CCN1C(=O)c1csc(C#CCN)c1. The number of hydrogen-bond donors (Lipinski definition) is 1. The number of carbonyl (C=O) groups excluding carboxylic acids is 1. The number of amides is 1. The van der Waals surface area contributed by atoms with Crippen LogP contribution in [0, 0.1) is 11.8 Å². The molecule has 0 saturated carbocycles. The van der Waals surface area contributed by atoms with Gasteiger partial charge in [0.15, 0.2) is 0 Å². The standard InChI is InChI=1S/C16H16N2OS2/c1-11-14-5-8-20-15(14)4-7-18(11)16(19)12-9-13(21-10-12)3-2-6-17/h5,8-11H,4,6-7,17H2,1H3. The number of nitrogens with zero attached hydrogens (tertiary/aromatic N) is 1. The number of fused-ring (bicyclic) bond motifs is 1. The predicted molar refractivity (Wildman–Crippen MR) is 87.7 cm³/mol. The number of rotatable bonds is 1. The summed E-state index contributed by atoms with van der Waals surface area (Å²) in [7, 11) is 0. The van der Waals surface area contributed by atoms with Gasteiger partial charge in [-0.3, -0.25) is 4.79 Å². The third kappa shape index (κ3) is 2.75. The van der Waals surface area contributed by atoms with E-state index in [9.17, 15) is 4.79 Å². The highest BCUT2D eigenvalue weighted by Gasteiger charge is 2.29. The molecule has 2 aromatic heterocycles. The van der Waals surface area contributed by atoms with E-state index in [0.29, 0.717) is 6.54 Å². The molecule has 1 amide bonds. The van der Waals surface area contributed by atoms with Crippen LogP contribution in [0.2, 0.25) is 0 Å². The van der Waals surface area contributed by atoms with Gasteiger partial charge in [-0.15, -0.1) is 22.7 Å². The zero-order valence-corrected chi connectivity index (χ0v) is 13.4. The number of hydrogen-bond acceptors (Lipinski definition) is 4. The van der Waals surface area contributed by atoms with Crippen LogP contribution in [0.5, 0.6) is 0 Å². The van der Waals surface area contributed by atoms with E-state index in [4.69, 9.17) is 5.73 Å². The molecule has 3 nitrogen and oxygen atoms in total. The van der Waals surface area contributed by atoms with E-state index in [-0.39, 0.29) is 11.9 Å². The lowest BCUT2D eigenvalue weighted by molar-refractivity contribution is 0.0680. The van der Waals surface area contributed by atoms with Gasteiger partial charge in [0.25, 0.3) is 5.91 Å². The molecule has 0 spiro atoms. The van der Waals surface area contributed by atoms with Crippen LogP contribution in [-0.4, -0.2) is 23.9 Å². The summed E-state index contributed by atoms with van der Waals surface area (Å²) in [4.78, 5) is 16.9. The van der Waals surface area contributed by atoms with E-state index < -0.39 is 0 Å². The minimum Gasteiger partial charge on any atom is -0.331 e. The molecule has 108 valence electrons. The maximum Gasteiger partial charge on any atom is 0.255 e. The van der Waals surface area contributed by atoms with Gasteiger partial charge in [-0.05, 0) is 36.4 Å². The van der Waals surface area contributed by atoms with E-state index in [0.717, 1.165) is 23.4 Å². The van der Waals surface area contributed by atoms with E-state index in [1.165, 1.54) is 21.8 Å². The lowest BCUT2D eigenvalue weighted by atomic mass is 10.0. The summed E-state index contributed by atoms with van der Waals surface area (Å²) in [6, 6.07) is 4.15. The molecule has 1 unspecified atom stereocenters. The van der Waals surface area contributed by atoms with Crippen molar-refractivity contribution in [2.75, 3.05) is 13.1 Å². The van der Waals surface area contributed by atoms with Crippen molar-refractivity contribution in [3.05, 3.63) is 43.8 Å². The Balaban J connectivity index is 1.81. The summed E-state index contributed by atoms with van der Waals surface area (Å²) < 4.78 is 0. The quantitative estimate of drug-likeness (QED) is 0.822. The van der Waals surface area contributed by atoms with E-state index in [2.05, 4.69) is 30.2 Å². The third-order valence-corrected chi connectivity index (χ3v) is 5.54. The zero-order chi connectivity index (χ0) is 14.8. The van der Waals surface area contributed by atoms with Gasteiger partial charge in [0, 0.05) is 16.8 Å². The second-order valence-electron chi connectivity index (χ2n) is 4.93. The highest BCUT2D eigenvalue weighted by atomic mass is 32.1. The van der Waals surface area contributed by atoms with Crippen LogP contribution >= 0.6 is 22.7 Å². The molecule has 5 heteroatoms. The van der Waals surface area contributed by atoms with Crippen molar-refractivity contribution in [1.29, 1.82) is 0 Å². The fraction of sp³-hybridized carbons (Fsp3) is 0.312. The average Bonchev–Trinajstić information content (AvgIpc) is 3.14. The van der Waals surface area contributed by atoms with Crippen molar-refractivity contribution in [2.24, 2.45) is 5.73 Å². The van der Waals surface area contributed by atoms with Crippen molar-refractivity contribution >= 4 is 28.6 Å². The Morgan fingerprint density at radius 3 is 3.19 bits per heavy atom. The lowest BCUT2D eigenvalue weighted by Crippen LogP contribution is -2.38. The van der Waals surface area contributed by atoms with Crippen LogP contribution in [-0.2, 0) is 6.42 Å². The summed E-state index contributed by atoms with van der Waals surface area (Å²) in [6.45, 7) is 3.22. The van der Waals surface area contributed by atoms with Gasteiger partial charge >= 0.3 is 0 Å². The summed E-state index contributed by atoms with van der Waals surface area (Å²) in [5.74, 6) is 5.89. The second-order valence-corrected chi connectivity index (χ2v) is 6.84. The summed E-state index contributed by atoms with van der Waals surface area (Å²) in [6.07, 6.45) is 0.951. The molecular weight excluding hydrogens is 300 g/mol. The fourth-order valence-corrected chi connectivity index (χ4v) is 4.32. The monoisotopic (exact) mass is 316 g/mol. The summed E-state index contributed by atoms with van der Waals surface area (Å²) in [5.41, 5.74) is 7.39. The molecule has 1 aliphatic heterocycles. The van der Waals surface area contributed by atoms with Crippen molar-refractivity contribution in [2.45, 2.75) is 19.4 Å². The normalized spacial score (nSPS) is 17.0. The van der Waals surface area contributed by atoms with Crippen molar-refractivity contribution in [3.63, 3.8) is 0 Å². The molecule has 21 heavy (non-hydrogen) atoms. The molecule has 0 fully saturated rings. The molecule has 0 aliphatic carbocycles. The van der Waals surface area contributed by atoms with Crippen LogP contribution in [0.4, 0.5) is 0 Å². The molecule has 1 atom stereocenters. The molecule has 3 rings (SSSR count). The summed E-state index contributed by atoms with van der Waals surface area (Å²) in [5, 5.41) is 4.00. The highest BCUT2D eigenvalue weighted by Crippen LogP contribution is 2.34. The van der Waals surface area contributed by atoms with Crippen LogP contribution in [0.1, 0.15) is 38.6 Å². The smallest absolute Gasteiger partial charge is 0.255 e. The minimum absolute atomic E-state index is 0.0939. The largest absolute Gasteiger partial charge is 0.331 e. The lowest BCUT2D eigenvalue weighted by Gasteiger charge is -2.33. The predicted octanol–water partition coefficient (Wildman–Crippen LogP) is 2.88. The Labute approximate surface area is 132 Å². The van der Waals surface area contributed by atoms with Crippen LogP contribution < -0.4 is 5.73 Å². The van der Waals surface area contributed by atoms with Gasteiger partial charge in [-0.2, -0.15) is 0 Å². The number of thiophene rings is 2. The van der Waals surface area contributed by atoms with Gasteiger partial charge in [0.1, 0.15) is 0 Å². The van der Waals surface area contributed by atoms with Gasteiger partial charge in [-0.25, -0.2) is 0 Å². The van der Waals surface area contributed by atoms with Crippen molar-refractivity contribution in [3.8, 4) is 11.8 Å². The molecule has 2 N–H and O–H groups in total. The second kappa shape index (κ2) is 6.02. The molecule has 0 saturated heterocycles. The highest BCUT2D eigenvalue weighted by molar-refractivity contribution is 7.11. The number of nitrogens with two attached hydrogens (primary N) is 1. The molecule has 0 radical (unpaired) electrons. The molecule has 2 aromatic rings. The first-order valence-electron chi connectivity index (χ1n) is 6.85. The first-order chi connectivity index (χ1) is 10.2. The molecule has 0 aromatic carbocycles. The number of carbonyl (C=O) groups is 1. The fourth-order valence-electron chi connectivity index (χ4n) is 2.60. The Bertz CT molecular complexity index is 720. The van der Waals surface area contributed by atoms with Gasteiger partial charge in [0.05, 0.1) is 23.0 Å².